The Balaban J connectivity index is 1.72. The second-order valence-corrected chi connectivity index (χ2v) is 6.71. The highest BCUT2D eigenvalue weighted by Gasteiger charge is 2.19. The zero-order valence-corrected chi connectivity index (χ0v) is 15.6. The van der Waals surface area contributed by atoms with Crippen molar-refractivity contribution >= 4 is 17.3 Å². The SMILES string of the molecule is COc1cccc(OC)c1C(=O)Nc1ccc(N2CCC(C)CC2)cc1. The maximum absolute atomic E-state index is 12.7. The van der Waals surface area contributed by atoms with Gasteiger partial charge in [-0.2, -0.15) is 0 Å². The minimum absolute atomic E-state index is 0.251. The third-order valence-electron chi connectivity index (χ3n) is 4.93. The van der Waals surface area contributed by atoms with Gasteiger partial charge in [-0.05, 0) is 55.2 Å². The van der Waals surface area contributed by atoms with Crippen molar-refractivity contribution in [3.8, 4) is 11.5 Å². The molecule has 1 aliphatic rings. The van der Waals surface area contributed by atoms with Crippen molar-refractivity contribution in [2.24, 2.45) is 5.92 Å². The third-order valence-corrected chi connectivity index (χ3v) is 4.93. The molecule has 1 saturated heterocycles. The van der Waals surface area contributed by atoms with Crippen molar-refractivity contribution in [1.82, 2.24) is 0 Å². The molecule has 5 heteroatoms. The lowest BCUT2D eigenvalue weighted by Gasteiger charge is -2.32. The maximum atomic E-state index is 12.7. The number of hydrogen-bond donors (Lipinski definition) is 1. The Morgan fingerprint density at radius 3 is 2.12 bits per heavy atom. The molecule has 5 nitrogen and oxygen atoms in total. The van der Waals surface area contributed by atoms with Gasteiger partial charge in [-0.1, -0.05) is 13.0 Å². The first-order valence-electron chi connectivity index (χ1n) is 8.99. The van der Waals surface area contributed by atoms with Crippen LogP contribution in [0.3, 0.4) is 0 Å². The van der Waals surface area contributed by atoms with Crippen LogP contribution in [0.1, 0.15) is 30.1 Å². The number of methoxy groups -OCH3 is 2. The van der Waals surface area contributed by atoms with E-state index in [1.54, 1.807) is 32.4 Å². The second kappa shape index (κ2) is 8.13. The number of hydrogen-bond acceptors (Lipinski definition) is 4. The van der Waals surface area contributed by atoms with Gasteiger partial charge in [0.2, 0.25) is 0 Å². The molecule has 0 saturated carbocycles. The molecule has 1 amide bonds. The largest absolute Gasteiger partial charge is 0.496 e. The molecule has 0 radical (unpaired) electrons. The number of carbonyl (C=O) groups is 1. The predicted octanol–water partition coefficient (Wildman–Crippen LogP) is 4.19. The Labute approximate surface area is 154 Å². The first-order valence-corrected chi connectivity index (χ1v) is 8.99. The molecular formula is C21H26N2O3. The van der Waals surface area contributed by atoms with Crippen LogP contribution in [0.4, 0.5) is 11.4 Å². The van der Waals surface area contributed by atoms with Crippen LogP contribution in [0.5, 0.6) is 11.5 Å². The van der Waals surface area contributed by atoms with Crippen LogP contribution < -0.4 is 19.7 Å². The summed E-state index contributed by atoms with van der Waals surface area (Å²) in [6, 6.07) is 13.3. The van der Waals surface area contributed by atoms with Crippen molar-refractivity contribution < 1.29 is 14.3 Å². The maximum Gasteiger partial charge on any atom is 0.263 e. The van der Waals surface area contributed by atoms with Crippen LogP contribution in [0.25, 0.3) is 0 Å². The molecule has 0 aliphatic carbocycles. The fraction of sp³-hybridized carbons (Fsp3) is 0.381. The quantitative estimate of drug-likeness (QED) is 0.875. The summed E-state index contributed by atoms with van der Waals surface area (Å²) in [5, 5.41) is 2.93. The summed E-state index contributed by atoms with van der Waals surface area (Å²) in [4.78, 5) is 15.1. The molecule has 138 valence electrons. The first-order chi connectivity index (χ1) is 12.6. The fourth-order valence-corrected chi connectivity index (χ4v) is 3.29. The van der Waals surface area contributed by atoms with E-state index in [9.17, 15) is 4.79 Å². The van der Waals surface area contributed by atoms with Crippen molar-refractivity contribution in [1.29, 1.82) is 0 Å². The summed E-state index contributed by atoms with van der Waals surface area (Å²) in [5.74, 6) is 1.53. The minimum atomic E-state index is -0.251. The average molecular weight is 354 g/mol. The van der Waals surface area contributed by atoms with Gasteiger partial charge in [0.05, 0.1) is 14.2 Å². The summed E-state index contributed by atoms with van der Waals surface area (Å²) < 4.78 is 10.6. The normalized spacial score (nSPS) is 14.8. The molecule has 0 aromatic heterocycles. The second-order valence-electron chi connectivity index (χ2n) is 6.71. The summed E-state index contributed by atoms with van der Waals surface area (Å²) >= 11 is 0. The molecule has 0 bridgehead atoms. The van der Waals surface area contributed by atoms with Crippen molar-refractivity contribution in [2.45, 2.75) is 19.8 Å². The number of rotatable bonds is 5. The van der Waals surface area contributed by atoms with E-state index in [4.69, 9.17) is 9.47 Å². The molecule has 1 fully saturated rings. The molecule has 0 atom stereocenters. The minimum Gasteiger partial charge on any atom is -0.496 e. The van der Waals surface area contributed by atoms with Gasteiger partial charge in [-0.3, -0.25) is 4.79 Å². The van der Waals surface area contributed by atoms with Crippen LogP contribution in [-0.4, -0.2) is 33.2 Å². The van der Waals surface area contributed by atoms with Crippen molar-refractivity contribution in [2.75, 3.05) is 37.5 Å². The highest BCUT2D eigenvalue weighted by Crippen LogP contribution is 2.29. The molecule has 1 N–H and O–H groups in total. The number of nitrogens with one attached hydrogen (secondary N) is 1. The van der Waals surface area contributed by atoms with Crippen LogP contribution in [0, 0.1) is 5.92 Å². The number of carbonyl (C=O) groups excluding carboxylic acids is 1. The fourth-order valence-electron chi connectivity index (χ4n) is 3.29. The van der Waals surface area contributed by atoms with E-state index in [0.717, 1.165) is 24.7 Å². The number of ether oxygens (including phenoxy) is 2. The standard InChI is InChI=1S/C21H26N2O3/c1-15-11-13-23(14-12-15)17-9-7-16(8-10-17)22-21(24)20-18(25-2)5-4-6-19(20)26-3/h4-10,15H,11-14H2,1-3H3,(H,22,24). The Bertz CT molecular complexity index is 728. The zero-order chi connectivity index (χ0) is 18.5. The van der Waals surface area contributed by atoms with E-state index < -0.39 is 0 Å². The molecule has 0 spiro atoms. The molecule has 2 aromatic rings. The van der Waals surface area contributed by atoms with E-state index >= 15 is 0 Å². The van der Waals surface area contributed by atoms with Crippen LogP contribution >= 0.6 is 0 Å². The van der Waals surface area contributed by atoms with Gasteiger partial charge in [0.25, 0.3) is 5.91 Å². The third kappa shape index (κ3) is 3.93. The smallest absolute Gasteiger partial charge is 0.263 e. The number of benzene rings is 2. The molecule has 2 aromatic carbocycles. The van der Waals surface area contributed by atoms with Gasteiger partial charge in [0.15, 0.2) is 0 Å². The Hall–Kier alpha value is -2.69. The lowest BCUT2D eigenvalue weighted by molar-refractivity contribution is 0.102. The topological polar surface area (TPSA) is 50.8 Å². The summed E-state index contributed by atoms with van der Waals surface area (Å²) in [5.41, 5.74) is 2.34. The predicted molar refractivity (Wildman–Crippen MR) is 105 cm³/mol. The van der Waals surface area contributed by atoms with E-state index in [2.05, 4.69) is 29.3 Å². The summed E-state index contributed by atoms with van der Waals surface area (Å²) in [7, 11) is 3.08. The zero-order valence-electron chi connectivity index (χ0n) is 15.6. The van der Waals surface area contributed by atoms with Crippen molar-refractivity contribution in [3.05, 3.63) is 48.0 Å². The summed E-state index contributed by atoms with van der Waals surface area (Å²) in [6.07, 6.45) is 2.46. The number of nitrogens with zero attached hydrogens (tertiary/aromatic N) is 1. The Morgan fingerprint density at radius 2 is 1.58 bits per heavy atom. The molecule has 0 unspecified atom stereocenters. The van der Waals surface area contributed by atoms with Crippen LogP contribution in [0.15, 0.2) is 42.5 Å². The van der Waals surface area contributed by atoms with Crippen LogP contribution in [-0.2, 0) is 0 Å². The average Bonchev–Trinajstić information content (AvgIpc) is 2.68. The highest BCUT2D eigenvalue weighted by molar-refractivity contribution is 6.08. The molecule has 1 aliphatic heterocycles. The molecule has 1 heterocycles. The number of piperidine rings is 1. The van der Waals surface area contributed by atoms with Gasteiger partial charge in [0, 0.05) is 24.5 Å². The van der Waals surface area contributed by atoms with Gasteiger partial charge < -0.3 is 19.7 Å². The number of anilines is 2. The number of amides is 1. The molecule has 26 heavy (non-hydrogen) atoms. The van der Waals surface area contributed by atoms with Gasteiger partial charge >= 0.3 is 0 Å². The first kappa shape index (κ1) is 18.1. The Kier molecular flexibility index (Phi) is 5.66. The Morgan fingerprint density at radius 1 is 1.00 bits per heavy atom. The highest BCUT2D eigenvalue weighted by atomic mass is 16.5. The monoisotopic (exact) mass is 354 g/mol. The van der Waals surface area contributed by atoms with Gasteiger partial charge in [-0.15, -0.1) is 0 Å². The molecule has 3 rings (SSSR count). The van der Waals surface area contributed by atoms with E-state index in [1.165, 1.54) is 18.5 Å². The van der Waals surface area contributed by atoms with Gasteiger partial charge in [-0.25, -0.2) is 0 Å². The lowest BCUT2D eigenvalue weighted by Crippen LogP contribution is -2.32. The summed E-state index contributed by atoms with van der Waals surface area (Å²) in [6.45, 7) is 4.48. The van der Waals surface area contributed by atoms with E-state index in [0.29, 0.717) is 17.1 Å². The van der Waals surface area contributed by atoms with Gasteiger partial charge in [0.1, 0.15) is 17.1 Å². The van der Waals surface area contributed by atoms with Crippen molar-refractivity contribution in [3.63, 3.8) is 0 Å². The lowest BCUT2D eigenvalue weighted by atomic mass is 9.99. The van der Waals surface area contributed by atoms with Crippen LogP contribution in [0.2, 0.25) is 0 Å². The van der Waals surface area contributed by atoms with E-state index in [-0.39, 0.29) is 5.91 Å². The van der Waals surface area contributed by atoms with E-state index in [1.807, 2.05) is 12.1 Å². The molecular weight excluding hydrogens is 328 g/mol.